The first-order valence-electron chi connectivity index (χ1n) is 7.23. The van der Waals surface area contributed by atoms with Gasteiger partial charge in [-0.3, -0.25) is 4.79 Å². The number of hydrogen-bond donors (Lipinski definition) is 1. The van der Waals surface area contributed by atoms with Crippen molar-refractivity contribution < 1.29 is 9.53 Å². The fourth-order valence-electron chi connectivity index (χ4n) is 1.62. The van der Waals surface area contributed by atoms with Gasteiger partial charge in [-0.1, -0.05) is 46.8 Å². The minimum atomic E-state index is -0.207. The van der Waals surface area contributed by atoms with Crippen LogP contribution < -0.4 is 5.32 Å². The van der Waals surface area contributed by atoms with E-state index in [9.17, 15) is 4.79 Å². The first-order valence-corrected chi connectivity index (χ1v) is 7.23. The van der Waals surface area contributed by atoms with E-state index in [-0.39, 0.29) is 23.4 Å². The maximum absolute atomic E-state index is 11.6. The summed E-state index contributed by atoms with van der Waals surface area (Å²) in [5, 5.41) is 3.40. The summed E-state index contributed by atoms with van der Waals surface area (Å²) in [6.45, 7) is 13.1. The highest BCUT2D eigenvalue weighted by atomic mass is 16.5. The summed E-state index contributed by atoms with van der Waals surface area (Å²) in [5.74, 6) is -0.252. The van der Waals surface area contributed by atoms with Gasteiger partial charge in [-0.2, -0.15) is 0 Å². The molecule has 0 aliphatic rings. The van der Waals surface area contributed by atoms with Crippen LogP contribution in [0.5, 0.6) is 0 Å². The van der Waals surface area contributed by atoms with Gasteiger partial charge in [0.05, 0.1) is 5.92 Å². The molecule has 1 aromatic rings. The molecule has 3 nitrogen and oxygen atoms in total. The summed E-state index contributed by atoms with van der Waals surface area (Å²) in [4.78, 5) is 11.6. The number of carbonyl (C=O) groups excluding carboxylic acids is 1. The monoisotopic (exact) mass is 277 g/mol. The van der Waals surface area contributed by atoms with E-state index in [0.717, 1.165) is 17.8 Å². The predicted molar refractivity (Wildman–Crippen MR) is 83.7 cm³/mol. The lowest BCUT2D eigenvalue weighted by atomic mass is 9.97. The number of rotatable bonds is 5. The minimum Gasteiger partial charge on any atom is -0.458 e. The Balaban J connectivity index is 2.59. The van der Waals surface area contributed by atoms with Crippen molar-refractivity contribution in [2.75, 3.05) is 11.9 Å². The van der Waals surface area contributed by atoms with Crippen LogP contribution in [0.15, 0.2) is 24.3 Å². The number of esters is 1. The molecule has 0 fully saturated rings. The van der Waals surface area contributed by atoms with Crippen LogP contribution in [0.3, 0.4) is 0 Å². The molecule has 0 aliphatic carbocycles. The van der Waals surface area contributed by atoms with Crippen LogP contribution >= 0.6 is 0 Å². The van der Waals surface area contributed by atoms with E-state index in [4.69, 9.17) is 4.74 Å². The molecule has 0 bridgehead atoms. The van der Waals surface area contributed by atoms with Gasteiger partial charge < -0.3 is 10.1 Å². The average Bonchev–Trinajstić information content (AvgIpc) is 2.35. The zero-order valence-corrected chi connectivity index (χ0v) is 13.5. The summed E-state index contributed by atoms with van der Waals surface area (Å²) < 4.78 is 5.39. The highest BCUT2D eigenvalue weighted by Gasteiger charge is 2.15. The molecule has 0 spiro atoms. The molecular weight excluding hydrogens is 250 g/mol. The zero-order chi connectivity index (χ0) is 15.3. The Morgan fingerprint density at radius 2 is 1.70 bits per heavy atom. The molecule has 0 amide bonds. The lowest BCUT2D eigenvalue weighted by Gasteiger charge is -2.20. The summed E-state index contributed by atoms with van der Waals surface area (Å²) >= 11 is 0. The van der Waals surface area contributed by atoms with Crippen LogP contribution in [-0.2, 0) is 9.53 Å². The van der Waals surface area contributed by atoms with Crippen molar-refractivity contribution in [3.05, 3.63) is 29.8 Å². The third kappa shape index (κ3) is 5.64. The van der Waals surface area contributed by atoms with Crippen LogP contribution in [0.2, 0.25) is 0 Å². The molecule has 1 rings (SSSR count). The fourth-order valence-corrected chi connectivity index (χ4v) is 1.62. The third-order valence-corrected chi connectivity index (χ3v) is 2.97. The third-order valence-electron chi connectivity index (χ3n) is 2.97. The van der Waals surface area contributed by atoms with E-state index in [2.05, 4.69) is 26.1 Å². The first kappa shape index (κ1) is 16.5. The minimum absolute atomic E-state index is 0.0924. The van der Waals surface area contributed by atoms with E-state index in [1.807, 2.05) is 45.0 Å². The van der Waals surface area contributed by atoms with Crippen molar-refractivity contribution in [1.82, 2.24) is 0 Å². The molecule has 20 heavy (non-hydrogen) atoms. The number of hydrogen-bond acceptors (Lipinski definition) is 3. The molecule has 112 valence electrons. The molecule has 0 radical (unpaired) electrons. The fraction of sp³-hybridized carbons (Fsp3) is 0.588. The SMILES string of the molecule is CC(C)C(=O)OC(C)c1ccc(NCC(C)(C)C)cc1. The van der Waals surface area contributed by atoms with Crippen molar-refractivity contribution in [2.45, 2.75) is 47.6 Å². The number of anilines is 1. The Bertz CT molecular complexity index is 429. The van der Waals surface area contributed by atoms with E-state index in [0.29, 0.717) is 0 Å². The van der Waals surface area contributed by atoms with E-state index >= 15 is 0 Å². The second kappa shape index (κ2) is 6.78. The van der Waals surface area contributed by atoms with E-state index in [1.165, 1.54) is 0 Å². The van der Waals surface area contributed by atoms with Gasteiger partial charge >= 0.3 is 5.97 Å². The van der Waals surface area contributed by atoms with Gasteiger partial charge in [-0.05, 0) is 30.0 Å². The Hall–Kier alpha value is -1.51. The first-order chi connectivity index (χ1) is 9.19. The van der Waals surface area contributed by atoms with E-state index < -0.39 is 0 Å². The predicted octanol–water partition coefficient (Wildman–Crippen LogP) is 4.40. The molecule has 0 saturated carbocycles. The number of carbonyl (C=O) groups is 1. The Morgan fingerprint density at radius 1 is 1.15 bits per heavy atom. The van der Waals surface area contributed by atoms with Gasteiger partial charge in [0.1, 0.15) is 6.10 Å². The normalized spacial score (nSPS) is 13.2. The van der Waals surface area contributed by atoms with Crippen LogP contribution in [0.25, 0.3) is 0 Å². The Labute approximate surface area is 122 Å². The highest BCUT2D eigenvalue weighted by Crippen LogP contribution is 2.21. The van der Waals surface area contributed by atoms with E-state index in [1.54, 1.807) is 0 Å². The van der Waals surface area contributed by atoms with Crippen molar-refractivity contribution in [2.24, 2.45) is 11.3 Å². The smallest absolute Gasteiger partial charge is 0.308 e. The molecule has 1 N–H and O–H groups in total. The van der Waals surface area contributed by atoms with Gasteiger partial charge in [0.15, 0.2) is 0 Å². The van der Waals surface area contributed by atoms with Crippen LogP contribution in [0.1, 0.15) is 53.2 Å². The topological polar surface area (TPSA) is 38.3 Å². The molecule has 0 heterocycles. The number of benzene rings is 1. The molecule has 3 heteroatoms. The summed E-state index contributed by atoms with van der Waals surface area (Å²) in [7, 11) is 0. The van der Waals surface area contributed by atoms with Gasteiger partial charge in [0, 0.05) is 12.2 Å². The average molecular weight is 277 g/mol. The second-order valence-corrected chi connectivity index (χ2v) is 6.77. The molecule has 0 aliphatic heterocycles. The maximum atomic E-state index is 11.6. The van der Waals surface area contributed by atoms with Crippen LogP contribution in [0, 0.1) is 11.3 Å². The van der Waals surface area contributed by atoms with Crippen LogP contribution in [0.4, 0.5) is 5.69 Å². The molecule has 0 saturated heterocycles. The molecule has 1 atom stereocenters. The number of nitrogens with one attached hydrogen (secondary N) is 1. The van der Waals surface area contributed by atoms with Gasteiger partial charge in [0.25, 0.3) is 0 Å². The zero-order valence-electron chi connectivity index (χ0n) is 13.5. The van der Waals surface area contributed by atoms with Crippen LogP contribution in [-0.4, -0.2) is 12.5 Å². The van der Waals surface area contributed by atoms with Crippen molar-refractivity contribution in [3.8, 4) is 0 Å². The maximum Gasteiger partial charge on any atom is 0.308 e. The second-order valence-electron chi connectivity index (χ2n) is 6.77. The van der Waals surface area contributed by atoms with Gasteiger partial charge in [-0.25, -0.2) is 0 Å². The standard InChI is InChI=1S/C17H27NO2/c1-12(2)16(19)20-13(3)14-7-9-15(10-8-14)18-11-17(4,5)6/h7-10,12-13,18H,11H2,1-6H3. The molecular formula is C17H27NO2. The quantitative estimate of drug-likeness (QED) is 0.810. The largest absolute Gasteiger partial charge is 0.458 e. The van der Waals surface area contributed by atoms with Crippen molar-refractivity contribution >= 4 is 11.7 Å². The highest BCUT2D eigenvalue weighted by molar-refractivity contribution is 5.71. The Morgan fingerprint density at radius 3 is 2.15 bits per heavy atom. The summed E-state index contributed by atoms with van der Waals surface area (Å²) in [6.07, 6.45) is -0.207. The van der Waals surface area contributed by atoms with Gasteiger partial charge in [0.2, 0.25) is 0 Å². The van der Waals surface area contributed by atoms with Crippen molar-refractivity contribution in [3.63, 3.8) is 0 Å². The molecule has 1 aromatic carbocycles. The Kier molecular flexibility index (Phi) is 5.61. The lowest BCUT2D eigenvalue weighted by molar-refractivity contribution is -0.152. The van der Waals surface area contributed by atoms with Gasteiger partial charge in [-0.15, -0.1) is 0 Å². The summed E-state index contributed by atoms with van der Waals surface area (Å²) in [5.41, 5.74) is 2.35. The number of ether oxygens (including phenoxy) is 1. The van der Waals surface area contributed by atoms with Crippen molar-refractivity contribution in [1.29, 1.82) is 0 Å². The summed E-state index contributed by atoms with van der Waals surface area (Å²) in [6, 6.07) is 8.06. The lowest BCUT2D eigenvalue weighted by Crippen LogP contribution is -2.19. The molecule has 1 unspecified atom stereocenters. The molecule has 0 aromatic heterocycles.